The van der Waals surface area contributed by atoms with Crippen molar-refractivity contribution in [3.8, 4) is 0 Å². The molecule has 0 bridgehead atoms. The van der Waals surface area contributed by atoms with Crippen LogP contribution in [0.5, 0.6) is 0 Å². The van der Waals surface area contributed by atoms with Crippen molar-refractivity contribution in [1.29, 1.82) is 0 Å². The van der Waals surface area contributed by atoms with Gasteiger partial charge in [0.05, 0.1) is 0 Å². The van der Waals surface area contributed by atoms with Crippen molar-refractivity contribution < 1.29 is 4.79 Å². The number of hydrogen-bond acceptors (Lipinski definition) is 3. The number of rotatable bonds is 3. The molecule has 0 saturated carbocycles. The van der Waals surface area contributed by atoms with E-state index in [1.165, 1.54) is 5.56 Å². The Morgan fingerprint density at radius 3 is 2.86 bits per heavy atom. The zero-order valence-corrected chi connectivity index (χ0v) is 12.3. The second-order valence-electron chi connectivity index (χ2n) is 5.21. The first kappa shape index (κ1) is 14.0. The summed E-state index contributed by atoms with van der Waals surface area (Å²) < 4.78 is 0. The highest BCUT2D eigenvalue weighted by Gasteiger charge is 2.31. The van der Waals surface area contributed by atoms with E-state index in [9.17, 15) is 4.79 Å². The van der Waals surface area contributed by atoms with Crippen LogP contribution in [0.3, 0.4) is 0 Å². The zero-order chi connectivity index (χ0) is 14.8. The van der Waals surface area contributed by atoms with Gasteiger partial charge in [-0.15, -0.1) is 0 Å². The Morgan fingerprint density at radius 2 is 2.14 bits per heavy atom. The average molecular weight is 302 g/mol. The normalized spacial score (nSPS) is 18.2. The van der Waals surface area contributed by atoms with Crippen LogP contribution in [0.25, 0.3) is 0 Å². The lowest BCUT2D eigenvalue weighted by Gasteiger charge is -2.35. The number of hydrogen-bond donors (Lipinski definition) is 1. The van der Waals surface area contributed by atoms with E-state index >= 15 is 0 Å². The van der Waals surface area contributed by atoms with Crippen LogP contribution in [-0.2, 0) is 17.8 Å². The Balaban J connectivity index is 1.88. The molecule has 1 atom stereocenters. The molecule has 4 nitrogen and oxygen atoms in total. The zero-order valence-electron chi connectivity index (χ0n) is 11.5. The summed E-state index contributed by atoms with van der Waals surface area (Å²) in [5.41, 5.74) is 8.86. The standard InChI is InChI=1S/C16H16ClN3O/c17-14-6-5-11(9-19-14)10-20-8-7-12-3-1-2-4-13(12)15(20)16(18)21/h1-6,9,15H,7-8,10H2,(H2,18,21)/t15-/m0/s1. The Hall–Kier alpha value is -1.91. The Morgan fingerprint density at radius 1 is 1.33 bits per heavy atom. The number of amides is 1. The fourth-order valence-electron chi connectivity index (χ4n) is 2.86. The number of carbonyl (C=O) groups is 1. The molecule has 1 amide bonds. The van der Waals surface area contributed by atoms with E-state index in [1.807, 2.05) is 24.3 Å². The highest BCUT2D eigenvalue weighted by atomic mass is 35.5. The van der Waals surface area contributed by atoms with E-state index < -0.39 is 0 Å². The summed E-state index contributed by atoms with van der Waals surface area (Å²) in [5, 5.41) is 0.467. The number of nitrogens with two attached hydrogens (primary N) is 1. The van der Waals surface area contributed by atoms with E-state index in [0.29, 0.717) is 11.7 Å². The maximum absolute atomic E-state index is 11.9. The molecule has 2 aromatic rings. The summed E-state index contributed by atoms with van der Waals surface area (Å²) in [7, 11) is 0. The van der Waals surface area contributed by atoms with Crippen LogP contribution in [-0.4, -0.2) is 22.3 Å². The average Bonchev–Trinajstić information content (AvgIpc) is 2.49. The van der Waals surface area contributed by atoms with Crippen molar-refractivity contribution in [3.63, 3.8) is 0 Å². The summed E-state index contributed by atoms with van der Waals surface area (Å²) in [6.07, 6.45) is 2.65. The number of carbonyl (C=O) groups excluding carboxylic acids is 1. The summed E-state index contributed by atoms with van der Waals surface area (Å²) in [4.78, 5) is 18.1. The molecule has 108 valence electrons. The minimum absolute atomic E-state index is 0.316. The third kappa shape index (κ3) is 2.91. The van der Waals surface area contributed by atoms with E-state index in [1.54, 1.807) is 12.3 Å². The molecule has 0 radical (unpaired) electrons. The molecule has 0 unspecified atom stereocenters. The van der Waals surface area contributed by atoms with Crippen molar-refractivity contribution in [1.82, 2.24) is 9.88 Å². The minimum atomic E-state index is -0.384. The van der Waals surface area contributed by atoms with E-state index in [2.05, 4.69) is 16.0 Å². The van der Waals surface area contributed by atoms with Gasteiger partial charge in [0.25, 0.3) is 0 Å². The van der Waals surface area contributed by atoms with Crippen molar-refractivity contribution >= 4 is 17.5 Å². The molecule has 5 heteroatoms. The lowest BCUT2D eigenvalue weighted by Crippen LogP contribution is -2.42. The number of nitrogens with zero attached hydrogens (tertiary/aromatic N) is 2. The Bertz CT molecular complexity index is 657. The van der Waals surface area contributed by atoms with Gasteiger partial charge in [-0.25, -0.2) is 4.98 Å². The number of fused-ring (bicyclic) bond motifs is 1. The number of halogens is 1. The maximum Gasteiger partial charge on any atom is 0.239 e. The Kier molecular flexibility index (Phi) is 3.90. The first-order valence-electron chi connectivity index (χ1n) is 6.87. The third-order valence-corrected chi connectivity index (χ3v) is 4.05. The van der Waals surface area contributed by atoms with Crippen molar-refractivity contribution in [2.75, 3.05) is 6.54 Å². The van der Waals surface area contributed by atoms with Gasteiger partial charge in [0.2, 0.25) is 5.91 Å². The molecule has 1 aromatic carbocycles. The molecule has 1 aliphatic rings. The van der Waals surface area contributed by atoms with Crippen molar-refractivity contribution in [2.45, 2.75) is 19.0 Å². The molecule has 1 aliphatic heterocycles. The highest BCUT2D eigenvalue weighted by molar-refractivity contribution is 6.29. The van der Waals surface area contributed by atoms with Gasteiger partial charge in [0.15, 0.2) is 0 Å². The fraction of sp³-hybridized carbons (Fsp3) is 0.250. The smallest absolute Gasteiger partial charge is 0.239 e. The van der Waals surface area contributed by atoms with Gasteiger partial charge in [-0.05, 0) is 29.2 Å². The summed E-state index contributed by atoms with van der Waals surface area (Å²) in [5.74, 6) is -0.316. The fourth-order valence-corrected chi connectivity index (χ4v) is 2.97. The molecule has 0 aliphatic carbocycles. The lowest BCUT2D eigenvalue weighted by atomic mass is 9.92. The molecule has 1 aromatic heterocycles. The molecule has 0 spiro atoms. The minimum Gasteiger partial charge on any atom is -0.368 e. The molecule has 3 rings (SSSR count). The van der Waals surface area contributed by atoms with E-state index in [4.69, 9.17) is 17.3 Å². The van der Waals surface area contributed by atoms with Gasteiger partial charge in [-0.2, -0.15) is 0 Å². The highest BCUT2D eigenvalue weighted by Crippen LogP contribution is 2.30. The molecule has 0 saturated heterocycles. The number of pyridine rings is 1. The first-order chi connectivity index (χ1) is 10.1. The van der Waals surface area contributed by atoms with Crippen LogP contribution in [0.15, 0.2) is 42.6 Å². The number of aromatic nitrogens is 1. The van der Waals surface area contributed by atoms with Crippen molar-refractivity contribution in [2.24, 2.45) is 5.73 Å². The van der Waals surface area contributed by atoms with Gasteiger partial charge in [-0.1, -0.05) is 41.9 Å². The van der Waals surface area contributed by atoms with Crippen molar-refractivity contribution in [3.05, 3.63) is 64.4 Å². The third-order valence-electron chi connectivity index (χ3n) is 3.83. The molecular formula is C16H16ClN3O. The first-order valence-corrected chi connectivity index (χ1v) is 7.24. The molecule has 2 N–H and O–H groups in total. The molecule has 21 heavy (non-hydrogen) atoms. The van der Waals surface area contributed by atoms with Gasteiger partial charge in [-0.3, -0.25) is 9.69 Å². The van der Waals surface area contributed by atoms with Crippen LogP contribution >= 0.6 is 11.6 Å². The van der Waals surface area contributed by atoms with E-state index in [-0.39, 0.29) is 11.9 Å². The predicted octanol–water partition coefficient (Wildman–Crippen LogP) is 2.32. The van der Waals surface area contributed by atoms with Gasteiger partial charge >= 0.3 is 0 Å². The SMILES string of the molecule is NC(=O)[C@@H]1c2ccccc2CCN1Cc1ccc(Cl)nc1. The topological polar surface area (TPSA) is 59.2 Å². The van der Waals surface area contributed by atoms with E-state index in [0.717, 1.165) is 24.1 Å². The van der Waals surface area contributed by atoms with Gasteiger partial charge < -0.3 is 5.73 Å². The number of benzene rings is 1. The number of primary amides is 1. The van der Waals surface area contributed by atoms with Crippen LogP contribution in [0, 0.1) is 0 Å². The monoisotopic (exact) mass is 301 g/mol. The maximum atomic E-state index is 11.9. The summed E-state index contributed by atoms with van der Waals surface area (Å²) in [6.45, 7) is 1.43. The largest absolute Gasteiger partial charge is 0.368 e. The second-order valence-corrected chi connectivity index (χ2v) is 5.60. The van der Waals surface area contributed by atoms with Crippen LogP contribution < -0.4 is 5.73 Å². The van der Waals surface area contributed by atoms with Crippen LogP contribution in [0.2, 0.25) is 5.15 Å². The molecular weight excluding hydrogens is 286 g/mol. The lowest BCUT2D eigenvalue weighted by molar-refractivity contribution is -0.124. The summed E-state index contributed by atoms with van der Waals surface area (Å²) in [6, 6.07) is 11.3. The quantitative estimate of drug-likeness (QED) is 0.885. The van der Waals surface area contributed by atoms with Crippen LogP contribution in [0.1, 0.15) is 22.7 Å². The summed E-state index contributed by atoms with van der Waals surface area (Å²) >= 11 is 5.80. The molecule has 0 fully saturated rings. The predicted molar refractivity (Wildman–Crippen MR) is 81.7 cm³/mol. The second kappa shape index (κ2) is 5.84. The van der Waals surface area contributed by atoms with Crippen LogP contribution in [0.4, 0.5) is 0 Å². The van der Waals surface area contributed by atoms with Gasteiger partial charge in [0, 0.05) is 19.3 Å². The van der Waals surface area contributed by atoms with Gasteiger partial charge in [0.1, 0.15) is 11.2 Å². The molecule has 2 heterocycles. The Labute approximate surface area is 128 Å².